The summed E-state index contributed by atoms with van der Waals surface area (Å²) in [7, 11) is 0. The number of halogens is 1. The van der Waals surface area contributed by atoms with Crippen molar-refractivity contribution in [3.05, 3.63) is 101 Å². The molecular weight excluding hydrogens is 417 g/mol. The van der Waals surface area contributed by atoms with Crippen molar-refractivity contribution < 1.29 is 14.0 Å². The molecule has 1 aliphatic rings. The molecule has 3 aromatic rings. The lowest BCUT2D eigenvalue weighted by Gasteiger charge is -2.38. The molecule has 5 nitrogen and oxygen atoms in total. The lowest BCUT2D eigenvalue weighted by molar-refractivity contribution is 0.0583. The molecule has 3 aromatic carbocycles. The number of carbonyl (C=O) groups excluding carboxylic acids is 2. The van der Waals surface area contributed by atoms with E-state index in [0.29, 0.717) is 23.4 Å². The van der Waals surface area contributed by atoms with Crippen molar-refractivity contribution >= 4 is 17.5 Å². The molecule has 1 aliphatic carbocycles. The third-order valence-corrected chi connectivity index (χ3v) is 6.09. The smallest absolute Gasteiger partial charge is 0.255 e. The van der Waals surface area contributed by atoms with E-state index in [0.717, 1.165) is 31.2 Å². The molecule has 2 amide bonds. The molecule has 2 atom stereocenters. The normalized spacial score (nSPS) is 17.9. The van der Waals surface area contributed by atoms with Crippen LogP contribution < -0.4 is 11.1 Å². The van der Waals surface area contributed by atoms with Crippen molar-refractivity contribution in [2.24, 2.45) is 5.73 Å². The Balaban J connectivity index is 1.57. The summed E-state index contributed by atoms with van der Waals surface area (Å²) in [5, 5.41) is 2.91. The van der Waals surface area contributed by atoms with E-state index >= 15 is 0 Å². The van der Waals surface area contributed by atoms with Crippen LogP contribution in [0.15, 0.2) is 78.9 Å². The highest BCUT2D eigenvalue weighted by Gasteiger charge is 2.31. The highest BCUT2D eigenvalue weighted by Crippen LogP contribution is 2.26. The number of benzene rings is 3. The Labute approximate surface area is 193 Å². The molecule has 0 aliphatic heterocycles. The molecule has 1 fully saturated rings. The summed E-state index contributed by atoms with van der Waals surface area (Å²) in [6.45, 7) is 0.322. The van der Waals surface area contributed by atoms with Crippen LogP contribution in [0.25, 0.3) is 0 Å². The van der Waals surface area contributed by atoms with Gasteiger partial charge in [0.1, 0.15) is 5.82 Å². The Morgan fingerprint density at radius 1 is 0.909 bits per heavy atom. The summed E-state index contributed by atoms with van der Waals surface area (Å²) in [6, 6.07) is 21.9. The largest absolute Gasteiger partial charge is 0.330 e. The minimum absolute atomic E-state index is 0.128. The second-order valence-corrected chi connectivity index (χ2v) is 8.48. The molecule has 0 bridgehead atoms. The predicted octanol–water partition coefficient (Wildman–Crippen LogP) is 4.99. The molecular formula is C27H28FN3O2. The average Bonchev–Trinajstić information content (AvgIpc) is 2.83. The minimum atomic E-state index is -0.445. The van der Waals surface area contributed by atoms with Gasteiger partial charge in [0.25, 0.3) is 11.8 Å². The number of nitrogens with one attached hydrogen (secondary N) is 1. The SMILES string of the molecule is NC1CCCCC1N(Cc1cccc(NC(=O)c2ccccc2)c1)C(=O)c1cccc(F)c1. The van der Waals surface area contributed by atoms with Crippen LogP contribution in [0, 0.1) is 5.82 Å². The zero-order valence-electron chi connectivity index (χ0n) is 18.4. The summed E-state index contributed by atoms with van der Waals surface area (Å²) in [5.41, 5.74) is 8.80. The molecule has 33 heavy (non-hydrogen) atoms. The van der Waals surface area contributed by atoms with Gasteiger partial charge in [-0.25, -0.2) is 4.39 Å². The number of hydrogen-bond acceptors (Lipinski definition) is 3. The van der Waals surface area contributed by atoms with Crippen molar-refractivity contribution in [3.63, 3.8) is 0 Å². The first-order valence-electron chi connectivity index (χ1n) is 11.3. The Hall–Kier alpha value is -3.51. The first-order chi connectivity index (χ1) is 16.0. The fraction of sp³-hybridized carbons (Fsp3) is 0.259. The second-order valence-electron chi connectivity index (χ2n) is 8.48. The number of amides is 2. The Morgan fingerprint density at radius 2 is 1.64 bits per heavy atom. The second kappa shape index (κ2) is 10.4. The van der Waals surface area contributed by atoms with Crippen LogP contribution in [0.5, 0.6) is 0 Å². The van der Waals surface area contributed by atoms with Gasteiger partial charge in [0.05, 0.1) is 0 Å². The van der Waals surface area contributed by atoms with Crippen LogP contribution in [0.4, 0.5) is 10.1 Å². The van der Waals surface area contributed by atoms with Gasteiger partial charge in [-0.2, -0.15) is 0 Å². The molecule has 3 N–H and O–H groups in total. The Kier molecular flexibility index (Phi) is 7.15. The molecule has 0 aromatic heterocycles. The van der Waals surface area contributed by atoms with E-state index in [4.69, 9.17) is 5.73 Å². The topological polar surface area (TPSA) is 75.4 Å². The van der Waals surface area contributed by atoms with Gasteiger partial charge in [-0.3, -0.25) is 9.59 Å². The lowest BCUT2D eigenvalue weighted by Crippen LogP contribution is -2.51. The molecule has 1 saturated carbocycles. The van der Waals surface area contributed by atoms with E-state index in [9.17, 15) is 14.0 Å². The van der Waals surface area contributed by atoms with Crippen LogP contribution in [-0.4, -0.2) is 28.8 Å². The van der Waals surface area contributed by atoms with E-state index in [1.165, 1.54) is 12.1 Å². The molecule has 0 heterocycles. The molecule has 6 heteroatoms. The fourth-order valence-electron chi connectivity index (χ4n) is 4.39. The average molecular weight is 446 g/mol. The standard InChI is InChI=1S/C27H28FN3O2/c28-22-12-7-11-21(17-22)27(33)31(25-15-5-4-14-24(25)29)18-19-8-6-13-23(16-19)30-26(32)20-9-2-1-3-10-20/h1-3,6-13,16-17,24-25H,4-5,14-15,18,29H2,(H,30,32). The number of anilines is 1. The molecule has 0 spiro atoms. The third-order valence-electron chi connectivity index (χ3n) is 6.09. The van der Waals surface area contributed by atoms with Gasteiger partial charge in [-0.1, -0.05) is 49.2 Å². The first-order valence-corrected chi connectivity index (χ1v) is 11.3. The summed E-state index contributed by atoms with van der Waals surface area (Å²) in [4.78, 5) is 27.7. The van der Waals surface area contributed by atoms with Gasteiger partial charge in [0, 0.05) is 35.4 Å². The summed E-state index contributed by atoms with van der Waals surface area (Å²) < 4.78 is 13.8. The first kappa shape index (κ1) is 22.7. The lowest BCUT2D eigenvalue weighted by atomic mass is 9.89. The Bertz CT molecular complexity index is 1120. The molecule has 170 valence electrons. The van der Waals surface area contributed by atoms with Gasteiger partial charge >= 0.3 is 0 Å². The van der Waals surface area contributed by atoms with E-state index < -0.39 is 5.82 Å². The zero-order valence-corrected chi connectivity index (χ0v) is 18.4. The van der Waals surface area contributed by atoms with E-state index in [2.05, 4.69) is 5.32 Å². The van der Waals surface area contributed by atoms with Crippen molar-refractivity contribution in [1.29, 1.82) is 0 Å². The fourth-order valence-corrected chi connectivity index (χ4v) is 4.39. The highest BCUT2D eigenvalue weighted by atomic mass is 19.1. The molecule has 4 rings (SSSR count). The monoisotopic (exact) mass is 445 g/mol. The number of rotatable bonds is 6. The maximum absolute atomic E-state index is 13.8. The minimum Gasteiger partial charge on any atom is -0.330 e. The van der Waals surface area contributed by atoms with Gasteiger partial charge in [0.2, 0.25) is 0 Å². The third kappa shape index (κ3) is 5.65. The number of nitrogens with zero attached hydrogens (tertiary/aromatic N) is 1. The summed E-state index contributed by atoms with van der Waals surface area (Å²) in [6.07, 6.45) is 3.70. The summed E-state index contributed by atoms with van der Waals surface area (Å²) >= 11 is 0. The van der Waals surface area contributed by atoms with E-state index in [-0.39, 0.29) is 23.9 Å². The van der Waals surface area contributed by atoms with E-state index in [1.807, 2.05) is 42.5 Å². The molecule has 0 saturated heterocycles. The highest BCUT2D eigenvalue weighted by molar-refractivity contribution is 6.04. The number of hydrogen-bond donors (Lipinski definition) is 2. The quantitative estimate of drug-likeness (QED) is 0.561. The van der Waals surface area contributed by atoms with Crippen LogP contribution in [0.2, 0.25) is 0 Å². The van der Waals surface area contributed by atoms with Crippen molar-refractivity contribution in [3.8, 4) is 0 Å². The van der Waals surface area contributed by atoms with Crippen LogP contribution >= 0.6 is 0 Å². The van der Waals surface area contributed by atoms with Gasteiger partial charge in [-0.15, -0.1) is 0 Å². The van der Waals surface area contributed by atoms with Crippen molar-refractivity contribution in [1.82, 2.24) is 4.90 Å². The maximum Gasteiger partial charge on any atom is 0.255 e. The number of carbonyl (C=O) groups is 2. The maximum atomic E-state index is 13.8. The predicted molar refractivity (Wildman–Crippen MR) is 127 cm³/mol. The van der Waals surface area contributed by atoms with E-state index in [1.54, 1.807) is 29.2 Å². The van der Waals surface area contributed by atoms with Crippen LogP contribution in [0.3, 0.4) is 0 Å². The molecule has 2 unspecified atom stereocenters. The van der Waals surface area contributed by atoms with Crippen LogP contribution in [-0.2, 0) is 6.54 Å². The zero-order chi connectivity index (χ0) is 23.2. The van der Waals surface area contributed by atoms with Gasteiger partial charge in [-0.05, 0) is 60.9 Å². The van der Waals surface area contributed by atoms with Gasteiger partial charge < -0.3 is 16.0 Å². The molecule has 0 radical (unpaired) electrons. The summed E-state index contributed by atoms with van der Waals surface area (Å²) in [5.74, 6) is -0.885. The van der Waals surface area contributed by atoms with Gasteiger partial charge in [0.15, 0.2) is 0 Å². The van der Waals surface area contributed by atoms with Crippen molar-refractivity contribution in [2.75, 3.05) is 5.32 Å². The number of nitrogens with two attached hydrogens (primary N) is 1. The Morgan fingerprint density at radius 3 is 2.39 bits per heavy atom. The van der Waals surface area contributed by atoms with Crippen LogP contribution in [0.1, 0.15) is 52.0 Å². The van der Waals surface area contributed by atoms with Crippen molar-refractivity contribution in [2.45, 2.75) is 44.3 Å².